The lowest BCUT2D eigenvalue weighted by molar-refractivity contribution is -0.123. The minimum atomic E-state index is -4.46. The van der Waals surface area contributed by atoms with Crippen molar-refractivity contribution in [1.82, 2.24) is 5.32 Å². The molecule has 0 heterocycles. The van der Waals surface area contributed by atoms with Gasteiger partial charge in [-0.05, 0) is 31.2 Å². The van der Waals surface area contributed by atoms with Gasteiger partial charge in [0, 0.05) is 5.56 Å². The maximum Gasteiger partial charge on any atom is 0.405 e. The molecule has 1 amide bonds. The van der Waals surface area contributed by atoms with Crippen molar-refractivity contribution in [2.75, 3.05) is 26.8 Å². The lowest BCUT2D eigenvalue weighted by Gasteiger charge is -2.13. The van der Waals surface area contributed by atoms with Crippen molar-refractivity contribution in [3.05, 3.63) is 23.8 Å². The van der Waals surface area contributed by atoms with Crippen molar-refractivity contribution < 1.29 is 27.4 Å². The maximum absolute atomic E-state index is 12.1. The van der Waals surface area contributed by atoms with Crippen LogP contribution in [0.15, 0.2) is 18.2 Å². The highest BCUT2D eigenvalue weighted by molar-refractivity contribution is 5.94. The standard InChI is InChI=1S/C13H17F3N2O3/c1-20-10-4-3-9(7-11(10)21-6-2-5-17)12(19)18-8-13(14,15)16/h3-4,7H,2,5-6,8,17H2,1H3,(H,18,19). The molecule has 1 aromatic carbocycles. The van der Waals surface area contributed by atoms with E-state index in [9.17, 15) is 18.0 Å². The summed E-state index contributed by atoms with van der Waals surface area (Å²) in [4.78, 5) is 11.6. The van der Waals surface area contributed by atoms with Crippen molar-refractivity contribution >= 4 is 5.91 Å². The first-order valence-corrected chi connectivity index (χ1v) is 6.23. The molecular formula is C13H17F3N2O3. The number of ether oxygens (including phenoxy) is 2. The summed E-state index contributed by atoms with van der Waals surface area (Å²) in [5.74, 6) is -0.163. The second-order valence-corrected chi connectivity index (χ2v) is 4.15. The van der Waals surface area contributed by atoms with E-state index in [4.69, 9.17) is 15.2 Å². The summed E-state index contributed by atoms with van der Waals surface area (Å²) in [5.41, 5.74) is 5.40. The first kappa shape index (κ1) is 17.1. The van der Waals surface area contributed by atoms with Gasteiger partial charge >= 0.3 is 6.18 Å². The van der Waals surface area contributed by atoms with Crippen LogP contribution in [0.1, 0.15) is 16.8 Å². The van der Waals surface area contributed by atoms with E-state index in [2.05, 4.69) is 0 Å². The second kappa shape index (κ2) is 7.72. The number of alkyl halides is 3. The number of carbonyl (C=O) groups excluding carboxylic acids is 1. The van der Waals surface area contributed by atoms with Crippen LogP contribution in [0.2, 0.25) is 0 Å². The first-order chi connectivity index (χ1) is 9.87. The molecule has 3 N–H and O–H groups in total. The van der Waals surface area contributed by atoms with Crippen LogP contribution in [-0.4, -0.2) is 38.9 Å². The molecule has 0 aliphatic carbocycles. The Morgan fingerprint density at radius 2 is 2.05 bits per heavy atom. The SMILES string of the molecule is COc1ccc(C(=O)NCC(F)(F)F)cc1OCCCN. The van der Waals surface area contributed by atoms with Gasteiger partial charge in [0.15, 0.2) is 11.5 Å². The van der Waals surface area contributed by atoms with E-state index in [1.165, 1.54) is 25.3 Å². The van der Waals surface area contributed by atoms with E-state index < -0.39 is 18.6 Å². The number of amides is 1. The van der Waals surface area contributed by atoms with Gasteiger partial charge in [0.05, 0.1) is 13.7 Å². The number of rotatable bonds is 7. The molecule has 0 radical (unpaired) electrons. The molecule has 1 rings (SSSR count). The van der Waals surface area contributed by atoms with Crippen molar-refractivity contribution in [1.29, 1.82) is 0 Å². The molecule has 0 aliphatic rings. The molecule has 0 atom stereocenters. The van der Waals surface area contributed by atoms with Crippen LogP contribution in [-0.2, 0) is 0 Å². The number of methoxy groups -OCH3 is 1. The predicted octanol–water partition coefficient (Wildman–Crippen LogP) is 1.71. The van der Waals surface area contributed by atoms with Crippen LogP contribution in [0.4, 0.5) is 13.2 Å². The summed E-state index contributed by atoms with van der Waals surface area (Å²) in [6.07, 6.45) is -3.85. The lowest BCUT2D eigenvalue weighted by Crippen LogP contribution is -2.33. The zero-order valence-corrected chi connectivity index (χ0v) is 11.5. The Morgan fingerprint density at radius 3 is 2.62 bits per heavy atom. The Bertz CT molecular complexity index is 478. The minimum Gasteiger partial charge on any atom is -0.493 e. The van der Waals surface area contributed by atoms with E-state index >= 15 is 0 Å². The third-order valence-corrected chi connectivity index (χ3v) is 2.48. The molecule has 21 heavy (non-hydrogen) atoms. The highest BCUT2D eigenvalue weighted by atomic mass is 19.4. The van der Waals surface area contributed by atoms with E-state index in [1.54, 1.807) is 5.32 Å². The fourth-order valence-electron chi connectivity index (χ4n) is 1.48. The minimum absolute atomic E-state index is 0.0581. The van der Waals surface area contributed by atoms with Crippen LogP contribution in [0.25, 0.3) is 0 Å². The Labute approximate surface area is 120 Å². The van der Waals surface area contributed by atoms with Gasteiger partial charge in [-0.25, -0.2) is 0 Å². The zero-order valence-electron chi connectivity index (χ0n) is 11.5. The van der Waals surface area contributed by atoms with Gasteiger partial charge in [0.2, 0.25) is 0 Å². The van der Waals surface area contributed by atoms with Crippen molar-refractivity contribution in [2.24, 2.45) is 5.73 Å². The number of nitrogens with one attached hydrogen (secondary N) is 1. The molecule has 0 spiro atoms. The molecular weight excluding hydrogens is 289 g/mol. The van der Waals surface area contributed by atoms with Crippen molar-refractivity contribution in [3.63, 3.8) is 0 Å². The topological polar surface area (TPSA) is 73.6 Å². The molecule has 5 nitrogen and oxygen atoms in total. The molecule has 0 bridgehead atoms. The predicted molar refractivity (Wildman–Crippen MR) is 70.5 cm³/mol. The van der Waals surface area contributed by atoms with Crippen molar-refractivity contribution in [3.8, 4) is 11.5 Å². The number of hydrogen-bond acceptors (Lipinski definition) is 4. The lowest BCUT2D eigenvalue weighted by atomic mass is 10.2. The van der Waals surface area contributed by atoms with Crippen LogP contribution in [0, 0.1) is 0 Å². The number of carbonyl (C=O) groups is 1. The van der Waals surface area contributed by atoms with Gasteiger partial charge < -0.3 is 20.5 Å². The maximum atomic E-state index is 12.1. The van der Waals surface area contributed by atoms with Gasteiger partial charge in [-0.1, -0.05) is 0 Å². The molecule has 0 aliphatic heterocycles. The van der Waals surface area contributed by atoms with Crippen LogP contribution in [0.3, 0.4) is 0 Å². The fourth-order valence-corrected chi connectivity index (χ4v) is 1.48. The normalized spacial score (nSPS) is 11.1. The highest BCUT2D eigenvalue weighted by Crippen LogP contribution is 2.28. The summed E-state index contributed by atoms with van der Waals surface area (Å²) in [7, 11) is 1.43. The van der Waals surface area contributed by atoms with E-state index in [-0.39, 0.29) is 11.3 Å². The van der Waals surface area contributed by atoms with E-state index in [1.807, 2.05) is 0 Å². The Hall–Kier alpha value is -1.96. The molecule has 1 aromatic rings. The quantitative estimate of drug-likeness (QED) is 0.752. The van der Waals surface area contributed by atoms with Crippen LogP contribution in [0.5, 0.6) is 11.5 Å². The molecule has 0 aromatic heterocycles. The number of halogens is 3. The number of benzene rings is 1. The highest BCUT2D eigenvalue weighted by Gasteiger charge is 2.28. The average Bonchev–Trinajstić information content (AvgIpc) is 2.44. The van der Waals surface area contributed by atoms with Crippen LogP contribution >= 0.6 is 0 Å². The molecule has 0 fully saturated rings. The summed E-state index contributed by atoms with van der Waals surface area (Å²) in [6, 6.07) is 4.15. The molecule has 0 saturated heterocycles. The second-order valence-electron chi connectivity index (χ2n) is 4.15. The van der Waals surface area contributed by atoms with Gasteiger partial charge in [-0.3, -0.25) is 4.79 Å². The molecule has 0 unspecified atom stereocenters. The average molecular weight is 306 g/mol. The van der Waals surface area contributed by atoms with Crippen molar-refractivity contribution in [2.45, 2.75) is 12.6 Å². The Kier molecular flexibility index (Phi) is 6.29. The van der Waals surface area contributed by atoms with Gasteiger partial charge in [0.1, 0.15) is 6.54 Å². The summed E-state index contributed by atoms with van der Waals surface area (Å²) in [6.45, 7) is -0.629. The van der Waals surface area contributed by atoms with Crippen LogP contribution < -0.4 is 20.5 Å². The molecule has 8 heteroatoms. The third kappa shape index (κ3) is 5.90. The Balaban J connectivity index is 2.78. The van der Waals surface area contributed by atoms with Gasteiger partial charge in [0.25, 0.3) is 5.91 Å². The molecule has 0 saturated carbocycles. The molecule has 118 valence electrons. The van der Waals surface area contributed by atoms with E-state index in [0.717, 1.165) is 0 Å². The number of hydrogen-bond donors (Lipinski definition) is 2. The monoisotopic (exact) mass is 306 g/mol. The summed E-state index contributed by atoms with van der Waals surface area (Å²) in [5, 5.41) is 1.79. The Morgan fingerprint density at radius 1 is 1.33 bits per heavy atom. The third-order valence-electron chi connectivity index (χ3n) is 2.48. The van der Waals surface area contributed by atoms with Gasteiger partial charge in [-0.2, -0.15) is 13.2 Å². The van der Waals surface area contributed by atoms with E-state index in [0.29, 0.717) is 25.3 Å². The largest absolute Gasteiger partial charge is 0.493 e. The summed E-state index contributed by atoms with van der Waals surface area (Å²) >= 11 is 0. The summed E-state index contributed by atoms with van der Waals surface area (Å²) < 4.78 is 46.6. The fraction of sp³-hybridized carbons (Fsp3) is 0.462. The first-order valence-electron chi connectivity index (χ1n) is 6.23. The smallest absolute Gasteiger partial charge is 0.405 e. The van der Waals surface area contributed by atoms with Gasteiger partial charge in [-0.15, -0.1) is 0 Å². The number of nitrogens with two attached hydrogens (primary N) is 1. The zero-order chi connectivity index (χ0) is 15.9.